The molecule has 0 spiro atoms. The van der Waals surface area contributed by atoms with Crippen LogP contribution < -0.4 is 0 Å². The van der Waals surface area contributed by atoms with Gasteiger partial charge in [-0.25, -0.2) is 0 Å². The minimum absolute atomic E-state index is 0.193. The van der Waals surface area contributed by atoms with Crippen LogP contribution in [-0.4, -0.2) is 37.4 Å². The topological polar surface area (TPSA) is 70.4 Å². The number of carbonyl (C=O) groups is 2. The molecule has 5 heteroatoms. The van der Waals surface area contributed by atoms with Gasteiger partial charge in [-0.15, -0.1) is 0 Å². The van der Waals surface area contributed by atoms with Crippen LogP contribution in [-0.2, 0) is 14.3 Å². The maximum atomic E-state index is 11.9. The maximum absolute atomic E-state index is 11.9. The third-order valence-electron chi connectivity index (χ3n) is 5.36. The van der Waals surface area contributed by atoms with Crippen LogP contribution in [0.2, 0.25) is 0 Å². The van der Waals surface area contributed by atoms with Gasteiger partial charge in [-0.2, -0.15) is 5.26 Å². The van der Waals surface area contributed by atoms with Gasteiger partial charge in [0.2, 0.25) is 0 Å². The highest BCUT2D eigenvalue weighted by molar-refractivity contribution is 5.69. The Hall–Kier alpha value is -2.97. The van der Waals surface area contributed by atoms with Crippen LogP contribution in [0.25, 0.3) is 11.1 Å². The van der Waals surface area contributed by atoms with E-state index in [1.165, 1.54) is 7.11 Å². The molecule has 0 aliphatic carbocycles. The number of ether oxygens (including phenoxy) is 1. The van der Waals surface area contributed by atoms with E-state index in [1.54, 1.807) is 12.1 Å². The van der Waals surface area contributed by atoms with Crippen LogP contribution in [0, 0.1) is 17.2 Å². The number of hydrogen-bond donors (Lipinski definition) is 0. The van der Waals surface area contributed by atoms with E-state index in [2.05, 4.69) is 11.0 Å². The molecule has 1 fully saturated rings. The zero-order valence-corrected chi connectivity index (χ0v) is 16.0. The molecular weight excluding hydrogens is 352 g/mol. The summed E-state index contributed by atoms with van der Waals surface area (Å²) in [4.78, 5) is 25.6. The molecule has 5 nitrogen and oxygen atoms in total. The monoisotopic (exact) mass is 376 g/mol. The molecule has 1 aliphatic rings. The Balaban J connectivity index is 1.72. The second-order valence-electron chi connectivity index (χ2n) is 7.18. The zero-order valence-electron chi connectivity index (χ0n) is 16.0. The lowest BCUT2D eigenvalue weighted by atomic mass is 9.92. The minimum Gasteiger partial charge on any atom is -0.469 e. The van der Waals surface area contributed by atoms with Crippen LogP contribution in [0.1, 0.15) is 36.4 Å². The number of likely N-dealkylation sites (tertiary alicyclic amines) is 1. The summed E-state index contributed by atoms with van der Waals surface area (Å²) < 4.78 is 4.78. The second-order valence-corrected chi connectivity index (χ2v) is 7.18. The molecule has 0 amide bonds. The van der Waals surface area contributed by atoms with Crippen molar-refractivity contribution in [3.8, 4) is 17.2 Å². The van der Waals surface area contributed by atoms with Gasteiger partial charge in [0.25, 0.3) is 0 Å². The first-order chi connectivity index (χ1) is 13.6. The third kappa shape index (κ3) is 4.65. The Morgan fingerprint density at radius 2 is 1.86 bits per heavy atom. The van der Waals surface area contributed by atoms with E-state index >= 15 is 0 Å². The molecule has 144 valence electrons. The fraction of sp³-hybridized carbons (Fsp3) is 0.348. The quantitative estimate of drug-likeness (QED) is 0.567. The van der Waals surface area contributed by atoms with Crippen LogP contribution in [0.3, 0.4) is 0 Å². The molecule has 2 unspecified atom stereocenters. The summed E-state index contributed by atoms with van der Waals surface area (Å²) in [5.74, 6) is 0.0304. The highest BCUT2D eigenvalue weighted by Crippen LogP contribution is 2.29. The van der Waals surface area contributed by atoms with Gasteiger partial charge in [0.1, 0.15) is 6.29 Å². The van der Waals surface area contributed by atoms with E-state index in [0.717, 1.165) is 48.9 Å². The van der Waals surface area contributed by atoms with Crippen molar-refractivity contribution in [2.24, 2.45) is 5.92 Å². The Kier molecular flexibility index (Phi) is 6.57. The van der Waals surface area contributed by atoms with Crippen molar-refractivity contribution < 1.29 is 14.3 Å². The summed E-state index contributed by atoms with van der Waals surface area (Å²) in [7, 11) is 1.41. The molecule has 0 radical (unpaired) electrons. The molecule has 2 atom stereocenters. The van der Waals surface area contributed by atoms with Crippen molar-refractivity contribution in [3.05, 3.63) is 59.7 Å². The molecule has 28 heavy (non-hydrogen) atoms. The normalized spacial score (nSPS) is 18.1. The Morgan fingerprint density at radius 1 is 1.21 bits per heavy atom. The van der Waals surface area contributed by atoms with Crippen molar-refractivity contribution in [3.63, 3.8) is 0 Å². The number of methoxy groups -OCH3 is 1. The van der Waals surface area contributed by atoms with Crippen LogP contribution in [0.15, 0.2) is 48.5 Å². The molecule has 2 aromatic carbocycles. The molecule has 1 saturated heterocycles. The van der Waals surface area contributed by atoms with Gasteiger partial charge in [-0.05, 0) is 54.1 Å². The van der Waals surface area contributed by atoms with Crippen LogP contribution in [0.4, 0.5) is 0 Å². The summed E-state index contributed by atoms with van der Waals surface area (Å²) in [6.45, 7) is 1.56. The number of nitriles is 1. The van der Waals surface area contributed by atoms with E-state index in [4.69, 9.17) is 10.00 Å². The van der Waals surface area contributed by atoms with Crippen molar-refractivity contribution in [2.45, 2.75) is 25.3 Å². The molecule has 2 aromatic rings. The van der Waals surface area contributed by atoms with Gasteiger partial charge >= 0.3 is 5.97 Å². The molecule has 3 rings (SSSR count). The SMILES string of the molecule is COC(=O)CC1CCCN(C(C=O)c2ccc(-c3ccc(C#N)cc3)cc2)C1. The number of piperidine rings is 1. The smallest absolute Gasteiger partial charge is 0.305 e. The third-order valence-corrected chi connectivity index (χ3v) is 5.36. The number of nitrogens with zero attached hydrogens (tertiary/aromatic N) is 2. The molecule has 0 saturated carbocycles. The average Bonchev–Trinajstić information content (AvgIpc) is 2.75. The maximum Gasteiger partial charge on any atom is 0.305 e. The fourth-order valence-electron chi connectivity index (χ4n) is 3.82. The predicted molar refractivity (Wildman–Crippen MR) is 106 cm³/mol. The van der Waals surface area contributed by atoms with Gasteiger partial charge < -0.3 is 9.53 Å². The van der Waals surface area contributed by atoms with E-state index < -0.39 is 0 Å². The summed E-state index contributed by atoms with van der Waals surface area (Å²) in [5, 5.41) is 8.92. The fourth-order valence-corrected chi connectivity index (χ4v) is 3.82. The number of carbonyl (C=O) groups excluding carboxylic acids is 2. The van der Waals surface area contributed by atoms with Gasteiger partial charge in [0.15, 0.2) is 0 Å². The second kappa shape index (κ2) is 9.29. The first kappa shape index (κ1) is 19.8. The largest absolute Gasteiger partial charge is 0.469 e. The molecule has 1 aliphatic heterocycles. The number of rotatable bonds is 6. The Morgan fingerprint density at radius 3 is 2.43 bits per heavy atom. The average molecular weight is 376 g/mol. The summed E-state index contributed by atoms with van der Waals surface area (Å²) in [6, 6.07) is 17.2. The number of benzene rings is 2. The number of aldehydes is 1. The van der Waals surface area contributed by atoms with Crippen molar-refractivity contribution in [1.29, 1.82) is 5.26 Å². The first-order valence-corrected chi connectivity index (χ1v) is 9.51. The van der Waals surface area contributed by atoms with Gasteiger partial charge in [-0.3, -0.25) is 9.69 Å². The summed E-state index contributed by atoms with van der Waals surface area (Å²) in [5.41, 5.74) is 3.66. The highest BCUT2D eigenvalue weighted by atomic mass is 16.5. The van der Waals surface area contributed by atoms with Crippen LogP contribution >= 0.6 is 0 Å². The summed E-state index contributed by atoms with van der Waals surface area (Å²) in [6.07, 6.45) is 3.33. The Labute approximate surface area is 165 Å². The summed E-state index contributed by atoms with van der Waals surface area (Å²) >= 11 is 0. The molecule has 0 bridgehead atoms. The van der Waals surface area contributed by atoms with Crippen molar-refractivity contribution in [1.82, 2.24) is 4.90 Å². The van der Waals surface area contributed by atoms with Crippen molar-refractivity contribution >= 4 is 12.3 Å². The van der Waals surface area contributed by atoms with Crippen LogP contribution in [0.5, 0.6) is 0 Å². The zero-order chi connectivity index (χ0) is 19.9. The van der Waals surface area contributed by atoms with Crippen molar-refractivity contribution in [2.75, 3.05) is 20.2 Å². The molecular formula is C23H24N2O3. The van der Waals surface area contributed by atoms with E-state index in [1.807, 2.05) is 36.4 Å². The van der Waals surface area contributed by atoms with E-state index in [9.17, 15) is 9.59 Å². The lowest BCUT2D eigenvalue weighted by molar-refractivity contribution is -0.142. The predicted octanol–water partition coefficient (Wildman–Crippen LogP) is 3.74. The van der Waals surface area contributed by atoms with Gasteiger partial charge in [-0.1, -0.05) is 36.4 Å². The van der Waals surface area contributed by atoms with E-state index in [0.29, 0.717) is 12.0 Å². The molecule has 0 N–H and O–H groups in total. The molecule has 0 aromatic heterocycles. The standard InChI is InChI=1S/C23H24N2O3/c1-28-23(27)13-18-3-2-12-25(15-18)22(16-26)21-10-8-20(9-11-21)19-6-4-17(14-24)5-7-19/h4-11,16,18,22H,2-3,12-13,15H2,1H3. The minimum atomic E-state index is -0.310. The lowest BCUT2D eigenvalue weighted by Gasteiger charge is -2.36. The Bertz CT molecular complexity index is 853. The van der Waals surface area contributed by atoms with Gasteiger partial charge in [0, 0.05) is 13.0 Å². The molecule has 1 heterocycles. The highest BCUT2D eigenvalue weighted by Gasteiger charge is 2.28. The number of hydrogen-bond acceptors (Lipinski definition) is 5. The van der Waals surface area contributed by atoms with E-state index in [-0.39, 0.29) is 17.9 Å². The van der Waals surface area contributed by atoms with Gasteiger partial charge in [0.05, 0.1) is 24.8 Å². The first-order valence-electron chi connectivity index (χ1n) is 9.51. The number of esters is 1. The lowest BCUT2D eigenvalue weighted by Crippen LogP contribution is -2.39.